The third kappa shape index (κ3) is 3.24. The molecule has 0 amide bonds. The Kier molecular flexibility index (Phi) is 5.60. The number of hydrogen-bond donors (Lipinski definition) is 1. The standard InChI is InChI=1S/C16H26BrN3O/c1-4-7-16(8-9-18-11-16)14(21)10-13-15(17)12(5-2)19-20(13)6-3/h18H,4-11H2,1-3H3. The Morgan fingerprint density at radius 3 is 2.71 bits per heavy atom. The van der Waals surface area contributed by atoms with Gasteiger partial charge in [0, 0.05) is 18.5 Å². The molecule has 0 spiro atoms. The van der Waals surface area contributed by atoms with Gasteiger partial charge in [-0.2, -0.15) is 5.10 Å². The van der Waals surface area contributed by atoms with Crippen LogP contribution in [0.15, 0.2) is 4.47 Å². The molecule has 0 bridgehead atoms. The maximum Gasteiger partial charge on any atom is 0.146 e. The number of Topliss-reactive ketones (excluding diaryl/α,β-unsaturated/α-hetero) is 1. The van der Waals surface area contributed by atoms with Crippen molar-refractivity contribution < 1.29 is 4.79 Å². The molecule has 1 aromatic heterocycles. The molecule has 1 aliphatic heterocycles. The predicted molar refractivity (Wildman–Crippen MR) is 88.5 cm³/mol. The molecule has 1 fully saturated rings. The van der Waals surface area contributed by atoms with Gasteiger partial charge in [0.2, 0.25) is 0 Å². The Bertz CT molecular complexity index is 504. The second kappa shape index (κ2) is 7.05. The van der Waals surface area contributed by atoms with E-state index in [1.807, 2.05) is 4.68 Å². The smallest absolute Gasteiger partial charge is 0.146 e. The molecular weight excluding hydrogens is 330 g/mol. The zero-order valence-electron chi connectivity index (χ0n) is 13.3. The number of aryl methyl sites for hydroxylation is 2. The van der Waals surface area contributed by atoms with Crippen molar-refractivity contribution in [3.63, 3.8) is 0 Å². The second-order valence-corrected chi connectivity index (χ2v) is 6.73. The van der Waals surface area contributed by atoms with Gasteiger partial charge in [-0.25, -0.2) is 0 Å². The largest absolute Gasteiger partial charge is 0.316 e. The topological polar surface area (TPSA) is 46.9 Å². The fraction of sp³-hybridized carbons (Fsp3) is 0.750. The summed E-state index contributed by atoms with van der Waals surface area (Å²) in [6.45, 7) is 8.93. The molecule has 5 heteroatoms. The molecule has 1 unspecified atom stereocenters. The van der Waals surface area contributed by atoms with Crippen LogP contribution in [0.5, 0.6) is 0 Å². The molecule has 0 radical (unpaired) electrons. The van der Waals surface area contributed by atoms with Gasteiger partial charge in [-0.1, -0.05) is 20.3 Å². The first kappa shape index (κ1) is 16.7. The minimum atomic E-state index is -0.163. The number of nitrogens with one attached hydrogen (secondary N) is 1. The highest BCUT2D eigenvalue weighted by Gasteiger charge is 2.40. The van der Waals surface area contributed by atoms with Crippen LogP contribution in [0, 0.1) is 5.41 Å². The van der Waals surface area contributed by atoms with Gasteiger partial charge in [-0.15, -0.1) is 0 Å². The number of hydrogen-bond acceptors (Lipinski definition) is 3. The van der Waals surface area contributed by atoms with Crippen LogP contribution in [0.4, 0.5) is 0 Å². The van der Waals surface area contributed by atoms with E-state index < -0.39 is 0 Å². The molecule has 4 nitrogen and oxygen atoms in total. The molecule has 1 saturated heterocycles. The van der Waals surface area contributed by atoms with Crippen molar-refractivity contribution in [2.75, 3.05) is 13.1 Å². The highest BCUT2D eigenvalue weighted by molar-refractivity contribution is 9.10. The summed E-state index contributed by atoms with van der Waals surface area (Å²) in [5.74, 6) is 0.368. The van der Waals surface area contributed by atoms with Crippen LogP contribution >= 0.6 is 15.9 Å². The monoisotopic (exact) mass is 355 g/mol. The Morgan fingerprint density at radius 1 is 1.43 bits per heavy atom. The molecule has 118 valence electrons. The summed E-state index contributed by atoms with van der Waals surface area (Å²) >= 11 is 3.65. The van der Waals surface area contributed by atoms with Gasteiger partial charge in [-0.3, -0.25) is 9.48 Å². The van der Waals surface area contributed by atoms with E-state index in [0.717, 1.165) is 61.2 Å². The maximum absolute atomic E-state index is 12.9. The van der Waals surface area contributed by atoms with Crippen LogP contribution in [0.1, 0.15) is 51.4 Å². The van der Waals surface area contributed by atoms with E-state index in [1.165, 1.54) is 0 Å². The Balaban J connectivity index is 2.24. The molecule has 2 heterocycles. The van der Waals surface area contributed by atoms with Crippen LogP contribution in [0.2, 0.25) is 0 Å². The SMILES string of the molecule is CCCC1(C(=O)Cc2c(Br)c(CC)nn2CC)CCNC1. The van der Waals surface area contributed by atoms with Gasteiger partial charge in [0.15, 0.2) is 0 Å². The molecule has 0 aliphatic carbocycles. The number of carbonyl (C=O) groups excluding carboxylic acids is 1. The fourth-order valence-electron chi connectivity index (χ4n) is 3.34. The lowest BCUT2D eigenvalue weighted by molar-refractivity contribution is -0.127. The third-order valence-electron chi connectivity index (χ3n) is 4.59. The lowest BCUT2D eigenvalue weighted by Crippen LogP contribution is -2.35. The number of aromatic nitrogens is 2. The van der Waals surface area contributed by atoms with Crippen molar-refractivity contribution in [3.05, 3.63) is 15.9 Å². The van der Waals surface area contributed by atoms with Gasteiger partial charge in [0.25, 0.3) is 0 Å². The second-order valence-electron chi connectivity index (χ2n) is 5.93. The summed E-state index contributed by atoms with van der Waals surface area (Å²) < 4.78 is 3.00. The van der Waals surface area contributed by atoms with E-state index in [4.69, 9.17) is 0 Å². The Morgan fingerprint density at radius 2 is 2.19 bits per heavy atom. The van der Waals surface area contributed by atoms with E-state index in [1.54, 1.807) is 0 Å². The van der Waals surface area contributed by atoms with Crippen molar-refractivity contribution in [3.8, 4) is 0 Å². The van der Waals surface area contributed by atoms with Crippen molar-refractivity contribution >= 4 is 21.7 Å². The summed E-state index contributed by atoms with van der Waals surface area (Å²) in [6, 6.07) is 0. The number of carbonyl (C=O) groups is 1. The predicted octanol–water partition coefficient (Wildman–Crippen LogP) is 3.12. The van der Waals surface area contributed by atoms with Crippen LogP contribution in [0.25, 0.3) is 0 Å². The maximum atomic E-state index is 12.9. The molecule has 0 saturated carbocycles. The Labute approximate surface area is 135 Å². The van der Waals surface area contributed by atoms with Gasteiger partial charge in [0.05, 0.1) is 22.3 Å². The highest BCUT2D eigenvalue weighted by Crippen LogP contribution is 2.34. The van der Waals surface area contributed by atoms with Gasteiger partial charge >= 0.3 is 0 Å². The first-order valence-electron chi connectivity index (χ1n) is 8.06. The molecule has 0 aromatic carbocycles. The first-order chi connectivity index (χ1) is 10.1. The van der Waals surface area contributed by atoms with Crippen molar-refractivity contribution in [1.82, 2.24) is 15.1 Å². The highest BCUT2D eigenvalue weighted by atomic mass is 79.9. The van der Waals surface area contributed by atoms with Crippen molar-refractivity contribution in [1.29, 1.82) is 0 Å². The van der Waals surface area contributed by atoms with E-state index in [0.29, 0.717) is 12.2 Å². The summed E-state index contributed by atoms with van der Waals surface area (Å²) in [4.78, 5) is 12.9. The normalized spacial score (nSPS) is 21.9. The lowest BCUT2D eigenvalue weighted by atomic mass is 9.77. The molecule has 1 atom stereocenters. The van der Waals surface area contributed by atoms with Crippen LogP contribution in [0.3, 0.4) is 0 Å². The van der Waals surface area contributed by atoms with Crippen LogP contribution in [-0.4, -0.2) is 28.7 Å². The number of rotatable bonds is 7. The van der Waals surface area contributed by atoms with E-state index in [-0.39, 0.29) is 5.41 Å². The van der Waals surface area contributed by atoms with E-state index in [9.17, 15) is 4.79 Å². The molecule has 1 N–H and O–H groups in total. The minimum Gasteiger partial charge on any atom is -0.316 e. The minimum absolute atomic E-state index is 0.163. The van der Waals surface area contributed by atoms with E-state index in [2.05, 4.69) is 47.1 Å². The summed E-state index contributed by atoms with van der Waals surface area (Å²) in [7, 11) is 0. The van der Waals surface area contributed by atoms with Crippen LogP contribution in [-0.2, 0) is 24.2 Å². The summed E-state index contributed by atoms with van der Waals surface area (Å²) in [5, 5.41) is 7.97. The van der Waals surface area contributed by atoms with Gasteiger partial charge in [-0.05, 0) is 48.7 Å². The number of nitrogens with zero attached hydrogens (tertiary/aromatic N) is 2. The first-order valence-corrected chi connectivity index (χ1v) is 8.85. The van der Waals surface area contributed by atoms with Crippen molar-refractivity contribution in [2.24, 2.45) is 5.41 Å². The molecule has 1 aromatic rings. The lowest BCUT2D eigenvalue weighted by Gasteiger charge is -2.26. The molecule has 1 aliphatic rings. The van der Waals surface area contributed by atoms with E-state index >= 15 is 0 Å². The van der Waals surface area contributed by atoms with Gasteiger partial charge < -0.3 is 5.32 Å². The van der Waals surface area contributed by atoms with Crippen molar-refractivity contribution in [2.45, 2.75) is 59.4 Å². The molecule has 2 rings (SSSR count). The average molecular weight is 356 g/mol. The third-order valence-corrected chi connectivity index (χ3v) is 5.50. The summed E-state index contributed by atoms with van der Waals surface area (Å²) in [6.07, 6.45) is 4.39. The zero-order valence-corrected chi connectivity index (χ0v) is 14.9. The number of halogens is 1. The zero-order chi connectivity index (χ0) is 15.5. The van der Waals surface area contributed by atoms with Gasteiger partial charge in [0.1, 0.15) is 5.78 Å². The number of ketones is 1. The molecular formula is C16H26BrN3O. The Hall–Kier alpha value is -0.680. The summed E-state index contributed by atoms with van der Waals surface area (Å²) in [5.41, 5.74) is 1.93. The van der Waals surface area contributed by atoms with Crippen LogP contribution < -0.4 is 5.32 Å². The average Bonchev–Trinajstić information content (AvgIpc) is 3.06. The fourth-order valence-corrected chi connectivity index (χ4v) is 4.04. The quantitative estimate of drug-likeness (QED) is 0.817. The molecule has 21 heavy (non-hydrogen) atoms.